The molecule has 3 rings (SSSR count). The minimum atomic E-state index is 0.690. The lowest BCUT2D eigenvalue weighted by Crippen LogP contribution is -1.95. The van der Waals surface area contributed by atoms with E-state index in [2.05, 4.69) is 41.8 Å². The van der Waals surface area contributed by atoms with E-state index >= 15 is 0 Å². The van der Waals surface area contributed by atoms with Crippen molar-refractivity contribution in [2.45, 2.75) is 6.92 Å². The Balaban J connectivity index is 2.30. The number of rotatable bonds is 1. The lowest BCUT2D eigenvalue weighted by atomic mass is 10.1. The molecule has 0 radical (unpaired) electrons. The fourth-order valence-corrected chi connectivity index (χ4v) is 2.25. The van der Waals surface area contributed by atoms with Crippen molar-refractivity contribution in [1.82, 2.24) is 4.57 Å². The maximum atomic E-state index is 9.17. The highest BCUT2D eigenvalue weighted by molar-refractivity contribution is 5.83. The van der Waals surface area contributed by atoms with Gasteiger partial charge in [-0.05, 0) is 37.3 Å². The molecule has 0 amide bonds. The molecule has 0 saturated carbocycles. The van der Waals surface area contributed by atoms with E-state index < -0.39 is 0 Å². The molecule has 0 saturated heterocycles. The SMILES string of the molecule is Cc1ccc2c(ccn2-c2ccccc2C#N)c1. The number of aromatic nitrogens is 1. The minimum absolute atomic E-state index is 0.690. The third-order valence-electron chi connectivity index (χ3n) is 3.13. The minimum Gasteiger partial charge on any atom is -0.315 e. The van der Waals surface area contributed by atoms with Gasteiger partial charge in [0.2, 0.25) is 0 Å². The van der Waals surface area contributed by atoms with Gasteiger partial charge in [0.25, 0.3) is 0 Å². The molecular weight excluding hydrogens is 220 g/mol. The number of nitriles is 1. The second-order valence-corrected chi connectivity index (χ2v) is 4.38. The number of hydrogen-bond donors (Lipinski definition) is 0. The summed E-state index contributed by atoms with van der Waals surface area (Å²) in [4.78, 5) is 0. The fourth-order valence-electron chi connectivity index (χ4n) is 2.25. The Kier molecular flexibility index (Phi) is 2.39. The van der Waals surface area contributed by atoms with Gasteiger partial charge in [0.1, 0.15) is 6.07 Å². The van der Waals surface area contributed by atoms with E-state index in [0.717, 1.165) is 11.2 Å². The average Bonchev–Trinajstić information content (AvgIpc) is 2.81. The van der Waals surface area contributed by atoms with Crippen molar-refractivity contribution in [2.75, 3.05) is 0 Å². The Morgan fingerprint density at radius 2 is 1.89 bits per heavy atom. The van der Waals surface area contributed by atoms with Gasteiger partial charge in [-0.3, -0.25) is 0 Å². The first-order valence-electron chi connectivity index (χ1n) is 5.87. The van der Waals surface area contributed by atoms with Crippen molar-refractivity contribution in [1.29, 1.82) is 5.26 Å². The number of fused-ring (bicyclic) bond motifs is 1. The van der Waals surface area contributed by atoms with E-state index in [4.69, 9.17) is 0 Å². The van der Waals surface area contributed by atoms with Gasteiger partial charge in [0.05, 0.1) is 16.8 Å². The first-order valence-corrected chi connectivity index (χ1v) is 5.87. The highest BCUT2D eigenvalue weighted by atomic mass is 15.0. The van der Waals surface area contributed by atoms with Crippen LogP contribution in [0.1, 0.15) is 11.1 Å². The summed E-state index contributed by atoms with van der Waals surface area (Å²) in [6, 6.07) is 18.3. The van der Waals surface area contributed by atoms with Crippen LogP contribution in [0, 0.1) is 18.3 Å². The zero-order chi connectivity index (χ0) is 12.5. The van der Waals surface area contributed by atoms with Crippen molar-refractivity contribution in [3.05, 3.63) is 65.9 Å². The third kappa shape index (κ3) is 1.57. The Morgan fingerprint density at radius 1 is 1.06 bits per heavy atom. The van der Waals surface area contributed by atoms with Crippen LogP contribution in [-0.2, 0) is 0 Å². The Morgan fingerprint density at radius 3 is 2.72 bits per heavy atom. The van der Waals surface area contributed by atoms with Gasteiger partial charge in [0, 0.05) is 11.6 Å². The monoisotopic (exact) mass is 232 g/mol. The number of hydrogen-bond acceptors (Lipinski definition) is 1. The lowest BCUT2D eigenvalue weighted by molar-refractivity contribution is 1.12. The van der Waals surface area contributed by atoms with Crippen LogP contribution in [0.15, 0.2) is 54.7 Å². The maximum Gasteiger partial charge on any atom is 0.101 e. The molecule has 0 spiro atoms. The summed E-state index contributed by atoms with van der Waals surface area (Å²) in [6.07, 6.45) is 2.01. The van der Waals surface area contributed by atoms with Gasteiger partial charge < -0.3 is 4.57 Å². The molecule has 2 aromatic carbocycles. The van der Waals surface area contributed by atoms with Crippen LogP contribution in [0.25, 0.3) is 16.6 Å². The molecular formula is C16H12N2. The number of aryl methyl sites for hydroxylation is 1. The molecule has 0 N–H and O–H groups in total. The molecule has 18 heavy (non-hydrogen) atoms. The molecule has 0 bridgehead atoms. The standard InChI is InChI=1S/C16H12N2/c1-12-6-7-16-13(10-12)8-9-18(16)15-5-3-2-4-14(15)11-17/h2-10H,1H3. The predicted octanol–water partition coefficient (Wildman–Crippen LogP) is 3.81. The Hall–Kier alpha value is -2.53. The van der Waals surface area contributed by atoms with Gasteiger partial charge in [-0.2, -0.15) is 5.26 Å². The number of benzene rings is 2. The number of para-hydroxylation sites is 1. The molecule has 0 unspecified atom stereocenters. The summed E-state index contributed by atoms with van der Waals surface area (Å²) in [7, 11) is 0. The molecule has 0 aliphatic heterocycles. The summed E-state index contributed by atoms with van der Waals surface area (Å²) < 4.78 is 2.06. The fraction of sp³-hybridized carbons (Fsp3) is 0.0625. The molecule has 0 atom stereocenters. The highest BCUT2D eigenvalue weighted by Gasteiger charge is 2.06. The predicted molar refractivity (Wildman–Crippen MR) is 72.7 cm³/mol. The first kappa shape index (κ1) is 10.6. The van der Waals surface area contributed by atoms with Crippen LogP contribution < -0.4 is 0 Å². The summed E-state index contributed by atoms with van der Waals surface area (Å²) >= 11 is 0. The average molecular weight is 232 g/mol. The smallest absolute Gasteiger partial charge is 0.101 e. The Bertz CT molecular complexity index is 760. The topological polar surface area (TPSA) is 28.7 Å². The van der Waals surface area contributed by atoms with Gasteiger partial charge >= 0.3 is 0 Å². The van der Waals surface area contributed by atoms with Crippen LogP contribution >= 0.6 is 0 Å². The van der Waals surface area contributed by atoms with E-state index in [1.54, 1.807) is 0 Å². The molecule has 0 aliphatic rings. The van der Waals surface area contributed by atoms with Crippen LogP contribution in [0.2, 0.25) is 0 Å². The van der Waals surface area contributed by atoms with Gasteiger partial charge in [-0.1, -0.05) is 23.8 Å². The summed E-state index contributed by atoms with van der Waals surface area (Å²) in [5, 5.41) is 10.4. The van der Waals surface area contributed by atoms with Crippen LogP contribution in [0.5, 0.6) is 0 Å². The van der Waals surface area contributed by atoms with Crippen molar-refractivity contribution in [3.63, 3.8) is 0 Å². The van der Waals surface area contributed by atoms with Crippen LogP contribution in [0.4, 0.5) is 0 Å². The third-order valence-corrected chi connectivity index (χ3v) is 3.13. The Labute approximate surface area is 106 Å². The van der Waals surface area contributed by atoms with Crippen molar-refractivity contribution >= 4 is 10.9 Å². The van der Waals surface area contributed by atoms with Crippen molar-refractivity contribution in [3.8, 4) is 11.8 Å². The molecule has 2 heteroatoms. The van der Waals surface area contributed by atoms with E-state index in [0.29, 0.717) is 5.56 Å². The molecule has 0 aliphatic carbocycles. The summed E-state index contributed by atoms with van der Waals surface area (Å²) in [6.45, 7) is 2.08. The second-order valence-electron chi connectivity index (χ2n) is 4.38. The van der Waals surface area contributed by atoms with E-state index in [-0.39, 0.29) is 0 Å². The molecule has 86 valence electrons. The zero-order valence-corrected chi connectivity index (χ0v) is 10.1. The summed E-state index contributed by atoms with van der Waals surface area (Å²) in [5.74, 6) is 0. The molecule has 1 heterocycles. The van der Waals surface area contributed by atoms with Crippen LogP contribution in [-0.4, -0.2) is 4.57 Å². The molecule has 1 aromatic heterocycles. The van der Waals surface area contributed by atoms with E-state index in [1.807, 2.05) is 30.5 Å². The maximum absolute atomic E-state index is 9.17. The van der Waals surface area contributed by atoms with Crippen LogP contribution in [0.3, 0.4) is 0 Å². The highest BCUT2D eigenvalue weighted by Crippen LogP contribution is 2.23. The number of nitrogens with zero attached hydrogens (tertiary/aromatic N) is 2. The molecule has 0 fully saturated rings. The largest absolute Gasteiger partial charge is 0.315 e. The molecule has 2 nitrogen and oxygen atoms in total. The van der Waals surface area contributed by atoms with E-state index in [9.17, 15) is 5.26 Å². The summed E-state index contributed by atoms with van der Waals surface area (Å²) in [5.41, 5.74) is 3.99. The van der Waals surface area contributed by atoms with Crippen molar-refractivity contribution < 1.29 is 0 Å². The van der Waals surface area contributed by atoms with Gasteiger partial charge in [-0.15, -0.1) is 0 Å². The quantitative estimate of drug-likeness (QED) is 0.627. The zero-order valence-electron chi connectivity index (χ0n) is 10.1. The lowest BCUT2D eigenvalue weighted by Gasteiger charge is -2.07. The van der Waals surface area contributed by atoms with E-state index in [1.165, 1.54) is 10.9 Å². The normalized spacial score (nSPS) is 10.4. The second kappa shape index (κ2) is 4.05. The first-order chi connectivity index (χ1) is 8.79. The van der Waals surface area contributed by atoms with Gasteiger partial charge in [-0.25, -0.2) is 0 Å². The van der Waals surface area contributed by atoms with Gasteiger partial charge in [0.15, 0.2) is 0 Å². The van der Waals surface area contributed by atoms with Crippen molar-refractivity contribution in [2.24, 2.45) is 0 Å². The molecule has 3 aromatic rings.